The van der Waals surface area contributed by atoms with Crippen LogP contribution >= 0.6 is 11.6 Å². The van der Waals surface area contributed by atoms with Crippen molar-refractivity contribution < 1.29 is 14.3 Å². The Kier molecular flexibility index (Phi) is 7.89. The number of benzene rings is 3. The van der Waals surface area contributed by atoms with Crippen LogP contribution in [0.5, 0.6) is 5.75 Å². The molecule has 1 unspecified atom stereocenters. The van der Waals surface area contributed by atoms with Crippen LogP contribution in [0.3, 0.4) is 0 Å². The molecule has 1 aliphatic heterocycles. The zero-order valence-corrected chi connectivity index (χ0v) is 22.8. The third-order valence-electron chi connectivity index (χ3n) is 6.89. The Morgan fingerprint density at radius 3 is 2.49 bits per heavy atom. The lowest BCUT2D eigenvalue weighted by atomic mass is 9.97. The number of halogens is 1. The second-order valence-corrected chi connectivity index (χ2v) is 9.88. The van der Waals surface area contributed by atoms with E-state index >= 15 is 0 Å². The van der Waals surface area contributed by atoms with Crippen LogP contribution in [0.1, 0.15) is 37.1 Å². The summed E-state index contributed by atoms with van der Waals surface area (Å²) < 4.78 is 7.40. The number of rotatable bonds is 8. The summed E-state index contributed by atoms with van der Waals surface area (Å²) in [6.45, 7) is 2.44. The maximum absolute atomic E-state index is 14.2. The first-order valence-electron chi connectivity index (χ1n) is 13.0. The average molecular weight is 543 g/mol. The largest absolute Gasteiger partial charge is 0.497 e. The molecular formula is C31H31ClN4O3. The Balaban J connectivity index is 1.49. The van der Waals surface area contributed by atoms with Crippen LogP contribution in [0.4, 0.5) is 16.2 Å². The molecule has 1 atom stereocenters. The summed E-state index contributed by atoms with van der Waals surface area (Å²) in [5, 5.41) is 3.56. The summed E-state index contributed by atoms with van der Waals surface area (Å²) >= 11 is 6.20. The van der Waals surface area contributed by atoms with E-state index < -0.39 is 0 Å². The van der Waals surface area contributed by atoms with Gasteiger partial charge in [0.05, 0.1) is 24.2 Å². The average Bonchev–Trinajstić information content (AvgIpc) is 3.45. The van der Waals surface area contributed by atoms with E-state index in [-0.39, 0.29) is 24.5 Å². The Labute approximate surface area is 233 Å². The van der Waals surface area contributed by atoms with E-state index in [2.05, 4.69) is 16.8 Å². The van der Waals surface area contributed by atoms with Crippen molar-refractivity contribution >= 4 is 34.9 Å². The lowest BCUT2D eigenvalue weighted by molar-refractivity contribution is -0.119. The summed E-state index contributed by atoms with van der Waals surface area (Å²) in [5.74, 6) is 0.467. The minimum absolute atomic E-state index is 0.0745. The predicted octanol–water partition coefficient (Wildman–Crippen LogP) is 6.91. The molecule has 39 heavy (non-hydrogen) atoms. The number of unbranched alkanes of at least 4 members (excludes halogenated alkanes) is 1. The van der Waals surface area contributed by atoms with E-state index in [9.17, 15) is 9.59 Å². The van der Waals surface area contributed by atoms with E-state index in [1.165, 1.54) is 0 Å². The molecule has 0 spiro atoms. The zero-order valence-electron chi connectivity index (χ0n) is 22.0. The number of urea groups is 1. The van der Waals surface area contributed by atoms with Gasteiger partial charge in [-0.05, 0) is 60.5 Å². The van der Waals surface area contributed by atoms with Crippen molar-refractivity contribution in [2.24, 2.45) is 0 Å². The highest BCUT2D eigenvalue weighted by molar-refractivity contribution is 6.30. The third-order valence-corrected chi connectivity index (χ3v) is 7.14. The topological polar surface area (TPSA) is 66.8 Å². The first kappa shape index (κ1) is 26.4. The second-order valence-electron chi connectivity index (χ2n) is 9.45. The van der Waals surface area contributed by atoms with Crippen LogP contribution in [0, 0.1) is 0 Å². The molecule has 0 fully saturated rings. The van der Waals surface area contributed by atoms with E-state index in [0.717, 1.165) is 35.5 Å². The van der Waals surface area contributed by atoms with Crippen molar-refractivity contribution in [3.05, 3.63) is 107 Å². The molecule has 0 saturated carbocycles. The van der Waals surface area contributed by atoms with Crippen LogP contribution in [0.15, 0.2) is 91.1 Å². The number of hydrogen-bond donors (Lipinski definition) is 1. The number of nitrogens with one attached hydrogen (secondary N) is 1. The van der Waals surface area contributed by atoms with Gasteiger partial charge < -0.3 is 19.5 Å². The number of carbonyl (C=O) groups excluding carboxylic acids is 2. The van der Waals surface area contributed by atoms with Crippen molar-refractivity contribution in [1.29, 1.82) is 0 Å². The number of methoxy groups -OCH3 is 1. The highest BCUT2D eigenvalue weighted by atomic mass is 35.5. The molecule has 3 amide bonds. The number of aromatic nitrogens is 1. The molecule has 1 N–H and O–H groups in total. The number of nitrogens with zero attached hydrogens (tertiary/aromatic N) is 3. The van der Waals surface area contributed by atoms with Gasteiger partial charge in [-0.3, -0.25) is 9.69 Å². The Morgan fingerprint density at radius 2 is 1.74 bits per heavy atom. The van der Waals surface area contributed by atoms with E-state index in [4.69, 9.17) is 16.3 Å². The van der Waals surface area contributed by atoms with Crippen molar-refractivity contribution in [3.8, 4) is 11.4 Å². The van der Waals surface area contributed by atoms with Gasteiger partial charge in [0.25, 0.3) is 0 Å². The Morgan fingerprint density at radius 1 is 0.974 bits per heavy atom. The molecule has 0 saturated heterocycles. The molecule has 4 aromatic rings. The number of hydrogen-bond acceptors (Lipinski definition) is 3. The van der Waals surface area contributed by atoms with Crippen molar-refractivity contribution in [3.63, 3.8) is 0 Å². The summed E-state index contributed by atoms with van der Waals surface area (Å²) in [7, 11) is 1.58. The fourth-order valence-corrected chi connectivity index (χ4v) is 5.09. The molecule has 8 heteroatoms. The van der Waals surface area contributed by atoms with E-state index in [1.807, 2.05) is 83.9 Å². The summed E-state index contributed by atoms with van der Waals surface area (Å²) in [6.07, 6.45) is 3.68. The van der Waals surface area contributed by atoms with Gasteiger partial charge in [-0.15, -0.1) is 0 Å². The van der Waals surface area contributed by atoms with Crippen molar-refractivity contribution in [1.82, 2.24) is 9.47 Å². The SMILES string of the molecule is CCCCN(CC(=O)N1c2ccccc2-n2cccc2C1c1ccc(Cl)cc1)C(=O)Nc1cccc(OC)c1. The standard InChI is InChI=1S/C31H31ClN4O3/c1-3-4-18-34(31(38)33-24-9-7-10-25(20-24)39-2)21-29(37)36-27-12-6-5-11-26(27)35-19-8-13-28(35)30(36)22-14-16-23(32)17-15-22/h5-17,19-20,30H,3-4,18,21H2,1-2H3,(H,33,38). The molecule has 3 aromatic carbocycles. The number of carbonyl (C=O) groups is 2. The van der Waals surface area contributed by atoms with Crippen LogP contribution in [0.25, 0.3) is 5.69 Å². The van der Waals surface area contributed by atoms with Crippen molar-refractivity contribution in [2.75, 3.05) is 30.4 Å². The molecule has 0 radical (unpaired) electrons. The summed E-state index contributed by atoms with van der Waals surface area (Å²) in [4.78, 5) is 31.0. The Hall–Kier alpha value is -4.23. The molecule has 1 aliphatic rings. The van der Waals surface area contributed by atoms with Gasteiger partial charge in [-0.1, -0.05) is 55.3 Å². The minimum atomic E-state index is -0.380. The number of para-hydroxylation sites is 2. The maximum Gasteiger partial charge on any atom is 0.322 e. The number of ether oxygens (including phenoxy) is 1. The number of fused-ring (bicyclic) bond motifs is 3. The highest BCUT2D eigenvalue weighted by Crippen LogP contribution is 2.42. The Bertz CT molecular complexity index is 1470. The van der Waals surface area contributed by atoms with Crippen molar-refractivity contribution in [2.45, 2.75) is 25.8 Å². The van der Waals surface area contributed by atoms with Gasteiger partial charge in [0, 0.05) is 29.5 Å². The van der Waals surface area contributed by atoms with Gasteiger partial charge >= 0.3 is 6.03 Å². The molecule has 5 rings (SSSR count). The molecule has 7 nitrogen and oxygen atoms in total. The summed E-state index contributed by atoms with van der Waals surface area (Å²) in [6, 6.07) is 25.9. The van der Waals surface area contributed by atoms with Crippen LogP contribution in [-0.4, -0.2) is 41.6 Å². The fraction of sp³-hybridized carbons (Fsp3) is 0.226. The van der Waals surface area contributed by atoms with Crippen LogP contribution in [-0.2, 0) is 4.79 Å². The lowest BCUT2D eigenvalue weighted by Crippen LogP contribution is -2.48. The zero-order chi connectivity index (χ0) is 27.4. The molecule has 1 aromatic heterocycles. The quantitative estimate of drug-likeness (QED) is 0.263. The number of anilines is 2. The van der Waals surface area contributed by atoms with Gasteiger partial charge in [0.2, 0.25) is 5.91 Å². The van der Waals surface area contributed by atoms with E-state index in [0.29, 0.717) is 23.0 Å². The smallest absolute Gasteiger partial charge is 0.322 e. The van der Waals surface area contributed by atoms with Crippen LogP contribution in [0.2, 0.25) is 5.02 Å². The predicted molar refractivity (Wildman–Crippen MR) is 155 cm³/mol. The monoisotopic (exact) mass is 542 g/mol. The first-order chi connectivity index (χ1) is 19.0. The minimum Gasteiger partial charge on any atom is -0.497 e. The molecule has 0 aliphatic carbocycles. The third kappa shape index (κ3) is 5.49. The van der Waals surface area contributed by atoms with Crippen LogP contribution < -0.4 is 15.0 Å². The molecule has 0 bridgehead atoms. The molecule has 2 heterocycles. The maximum atomic E-state index is 14.2. The van der Waals surface area contributed by atoms with Gasteiger partial charge in [-0.2, -0.15) is 0 Å². The number of amides is 3. The van der Waals surface area contributed by atoms with Gasteiger partial charge in [-0.25, -0.2) is 4.79 Å². The molecule has 200 valence electrons. The first-order valence-corrected chi connectivity index (χ1v) is 13.4. The highest BCUT2D eigenvalue weighted by Gasteiger charge is 2.37. The van der Waals surface area contributed by atoms with Gasteiger partial charge in [0.1, 0.15) is 18.3 Å². The normalized spacial score (nSPS) is 13.8. The van der Waals surface area contributed by atoms with Gasteiger partial charge in [0.15, 0.2) is 0 Å². The molecular weight excluding hydrogens is 512 g/mol. The van der Waals surface area contributed by atoms with E-state index in [1.54, 1.807) is 24.1 Å². The second kappa shape index (κ2) is 11.7. The lowest BCUT2D eigenvalue weighted by Gasteiger charge is -2.39. The fourth-order valence-electron chi connectivity index (χ4n) is 4.97. The summed E-state index contributed by atoms with van der Waals surface area (Å²) in [5.41, 5.74) is 4.20.